The average molecular weight is 322 g/mol. The third-order valence-corrected chi connectivity index (χ3v) is 3.42. The van der Waals surface area contributed by atoms with Gasteiger partial charge in [0.1, 0.15) is 6.54 Å². The van der Waals surface area contributed by atoms with Crippen molar-refractivity contribution in [1.29, 1.82) is 0 Å². The molecule has 4 nitrogen and oxygen atoms in total. The number of nitrogens with one attached hydrogen (secondary N) is 1. The molecule has 1 fully saturated rings. The van der Waals surface area contributed by atoms with Crippen molar-refractivity contribution in [1.82, 2.24) is 10.2 Å². The fraction of sp³-hybridized carbons (Fsp3) is 0.462. The first-order valence-corrected chi connectivity index (χ1v) is 6.83. The zero-order valence-corrected chi connectivity index (χ0v) is 11.9. The molecule has 2 amide bonds. The second-order valence-corrected chi connectivity index (χ2v) is 5.16. The van der Waals surface area contributed by atoms with Crippen molar-refractivity contribution in [2.75, 3.05) is 37.6 Å². The first kappa shape index (κ1) is 15.8. The van der Waals surface area contributed by atoms with E-state index < -0.39 is 18.8 Å². The third kappa shape index (κ3) is 4.70. The molecule has 0 bridgehead atoms. The van der Waals surface area contributed by atoms with Crippen molar-refractivity contribution in [3.05, 3.63) is 29.3 Å². The van der Waals surface area contributed by atoms with Gasteiger partial charge in [-0.3, -0.25) is 0 Å². The van der Waals surface area contributed by atoms with Gasteiger partial charge in [0, 0.05) is 36.9 Å². The van der Waals surface area contributed by atoms with Crippen LogP contribution in [0.15, 0.2) is 24.3 Å². The van der Waals surface area contributed by atoms with Crippen molar-refractivity contribution in [3.63, 3.8) is 0 Å². The summed E-state index contributed by atoms with van der Waals surface area (Å²) >= 11 is 5.92. The molecule has 0 aliphatic carbocycles. The molecule has 0 atom stereocenters. The highest BCUT2D eigenvalue weighted by molar-refractivity contribution is 6.30. The van der Waals surface area contributed by atoms with Crippen LogP contribution in [-0.4, -0.2) is 49.8 Å². The summed E-state index contributed by atoms with van der Waals surface area (Å²) in [5.74, 6) is 0. The fourth-order valence-electron chi connectivity index (χ4n) is 2.13. The minimum Gasteiger partial charge on any atom is -0.368 e. The van der Waals surface area contributed by atoms with Gasteiger partial charge in [-0.25, -0.2) is 4.79 Å². The predicted molar refractivity (Wildman–Crippen MR) is 74.7 cm³/mol. The zero-order valence-electron chi connectivity index (χ0n) is 11.2. The van der Waals surface area contributed by atoms with Gasteiger partial charge in [-0.05, 0) is 18.2 Å². The molecule has 0 unspecified atom stereocenters. The number of urea groups is 1. The van der Waals surface area contributed by atoms with Gasteiger partial charge in [-0.2, -0.15) is 13.2 Å². The van der Waals surface area contributed by atoms with E-state index in [0.717, 1.165) is 5.69 Å². The molecule has 1 aromatic rings. The Morgan fingerprint density at radius 2 is 1.90 bits per heavy atom. The molecule has 1 N–H and O–H groups in total. The number of halogens is 4. The summed E-state index contributed by atoms with van der Waals surface area (Å²) in [5, 5.41) is 2.50. The SMILES string of the molecule is O=C(NCC(F)(F)F)N1CCN(c2cccc(Cl)c2)CC1. The topological polar surface area (TPSA) is 35.6 Å². The summed E-state index contributed by atoms with van der Waals surface area (Å²) in [4.78, 5) is 15.0. The second-order valence-electron chi connectivity index (χ2n) is 4.73. The van der Waals surface area contributed by atoms with Crippen molar-refractivity contribution in [3.8, 4) is 0 Å². The summed E-state index contributed by atoms with van der Waals surface area (Å²) in [7, 11) is 0. The molecule has 21 heavy (non-hydrogen) atoms. The van der Waals surface area contributed by atoms with Crippen LogP contribution in [0, 0.1) is 0 Å². The number of carbonyl (C=O) groups excluding carboxylic acids is 1. The Labute approximate surface area is 125 Å². The summed E-state index contributed by atoms with van der Waals surface area (Å²) in [6.07, 6.45) is -4.39. The maximum Gasteiger partial charge on any atom is 0.405 e. The zero-order chi connectivity index (χ0) is 15.5. The number of carbonyl (C=O) groups is 1. The van der Waals surface area contributed by atoms with E-state index in [9.17, 15) is 18.0 Å². The van der Waals surface area contributed by atoms with Gasteiger partial charge >= 0.3 is 12.2 Å². The number of hydrogen-bond donors (Lipinski definition) is 1. The number of anilines is 1. The largest absolute Gasteiger partial charge is 0.405 e. The molecular formula is C13H15ClF3N3O. The smallest absolute Gasteiger partial charge is 0.368 e. The number of hydrogen-bond acceptors (Lipinski definition) is 2. The Kier molecular flexibility index (Phi) is 4.82. The first-order valence-electron chi connectivity index (χ1n) is 6.45. The lowest BCUT2D eigenvalue weighted by atomic mass is 10.2. The van der Waals surface area contributed by atoms with Crippen LogP contribution in [0.25, 0.3) is 0 Å². The molecule has 2 rings (SSSR count). The van der Waals surface area contributed by atoms with Crippen LogP contribution in [0.4, 0.5) is 23.7 Å². The predicted octanol–water partition coefficient (Wildman–Crippen LogP) is 2.73. The lowest BCUT2D eigenvalue weighted by Gasteiger charge is -2.36. The number of amides is 2. The van der Waals surface area contributed by atoms with Gasteiger partial charge in [0.05, 0.1) is 0 Å². The van der Waals surface area contributed by atoms with Crippen LogP contribution in [0.3, 0.4) is 0 Å². The molecule has 0 radical (unpaired) electrons. The summed E-state index contributed by atoms with van der Waals surface area (Å²) in [6.45, 7) is 0.548. The number of benzene rings is 1. The first-order chi connectivity index (χ1) is 9.85. The standard InChI is InChI=1S/C13H15ClF3N3O/c14-10-2-1-3-11(8-10)19-4-6-20(7-5-19)12(21)18-9-13(15,16)17/h1-3,8H,4-7,9H2,(H,18,21). The lowest BCUT2D eigenvalue weighted by Crippen LogP contribution is -2.53. The molecule has 1 aliphatic rings. The van der Waals surface area contributed by atoms with E-state index in [4.69, 9.17) is 11.6 Å². The van der Waals surface area contributed by atoms with Crippen LogP contribution in [0.1, 0.15) is 0 Å². The van der Waals surface area contributed by atoms with Crippen molar-refractivity contribution >= 4 is 23.3 Å². The molecule has 116 valence electrons. The highest BCUT2D eigenvalue weighted by atomic mass is 35.5. The van der Waals surface area contributed by atoms with E-state index in [1.165, 1.54) is 4.90 Å². The van der Waals surface area contributed by atoms with Gasteiger partial charge < -0.3 is 15.1 Å². The second kappa shape index (κ2) is 6.43. The highest BCUT2D eigenvalue weighted by Crippen LogP contribution is 2.20. The molecule has 0 aromatic heterocycles. The number of nitrogens with zero attached hydrogens (tertiary/aromatic N) is 2. The van der Waals surface area contributed by atoms with Crippen molar-refractivity contribution < 1.29 is 18.0 Å². The Hall–Kier alpha value is -1.63. The lowest BCUT2D eigenvalue weighted by molar-refractivity contribution is -0.123. The van der Waals surface area contributed by atoms with Gasteiger partial charge in [-0.15, -0.1) is 0 Å². The summed E-state index contributed by atoms with van der Waals surface area (Å²) < 4.78 is 36.2. The van der Waals surface area contributed by atoms with Crippen molar-refractivity contribution in [2.24, 2.45) is 0 Å². The molecule has 1 aliphatic heterocycles. The summed E-state index contributed by atoms with van der Waals surface area (Å²) in [6, 6.07) is 6.65. The molecule has 0 saturated carbocycles. The molecular weight excluding hydrogens is 307 g/mol. The van der Waals surface area contributed by atoms with Gasteiger partial charge in [0.2, 0.25) is 0 Å². The normalized spacial score (nSPS) is 16.0. The fourth-order valence-corrected chi connectivity index (χ4v) is 2.31. The Balaban J connectivity index is 1.84. The van der Waals surface area contributed by atoms with Gasteiger partial charge in [0.25, 0.3) is 0 Å². The minimum atomic E-state index is -4.39. The van der Waals surface area contributed by atoms with Gasteiger partial charge in [0.15, 0.2) is 0 Å². The Bertz CT molecular complexity index is 502. The van der Waals surface area contributed by atoms with E-state index in [1.807, 2.05) is 28.4 Å². The minimum absolute atomic E-state index is 0.371. The maximum atomic E-state index is 12.1. The van der Waals surface area contributed by atoms with Crippen LogP contribution >= 0.6 is 11.6 Å². The van der Waals surface area contributed by atoms with Crippen LogP contribution < -0.4 is 10.2 Å². The number of rotatable bonds is 2. The van der Waals surface area contributed by atoms with Crippen molar-refractivity contribution in [2.45, 2.75) is 6.18 Å². The number of piperazine rings is 1. The van der Waals surface area contributed by atoms with E-state index >= 15 is 0 Å². The van der Waals surface area contributed by atoms with E-state index in [0.29, 0.717) is 31.2 Å². The average Bonchev–Trinajstić information content (AvgIpc) is 2.44. The van der Waals surface area contributed by atoms with E-state index in [-0.39, 0.29) is 0 Å². The Morgan fingerprint density at radius 3 is 2.48 bits per heavy atom. The van der Waals surface area contributed by atoms with Crippen LogP contribution in [0.5, 0.6) is 0 Å². The molecule has 1 saturated heterocycles. The quantitative estimate of drug-likeness (QED) is 0.909. The molecule has 0 spiro atoms. The van der Waals surface area contributed by atoms with Gasteiger partial charge in [-0.1, -0.05) is 17.7 Å². The monoisotopic (exact) mass is 321 g/mol. The number of alkyl halides is 3. The molecule has 1 aromatic carbocycles. The maximum absolute atomic E-state index is 12.1. The van der Waals surface area contributed by atoms with Crippen LogP contribution in [-0.2, 0) is 0 Å². The Morgan fingerprint density at radius 1 is 1.24 bits per heavy atom. The van der Waals surface area contributed by atoms with E-state index in [1.54, 1.807) is 6.07 Å². The summed E-state index contributed by atoms with van der Waals surface area (Å²) in [5.41, 5.74) is 0.942. The molecule has 8 heteroatoms. The van der Waals surface area contributed by atoms with Crippen LogP contribution in [0.2, 0.25) is 5.02 Å². The third-order valence-electron chi connectivity index (χ3n) is 3.18. The van der Waals surface area contributed by atoms with E-state index in [2.05, 4.69) is 0 Å². The molecule has 1 heterocycles. The highest BCUT2D eigenvalue weighted by Gasteiger charge is 2.29.